The maximum atomic E-state index is 13.8. The number of fused-ring (bicyclic) bond motifs is 4. The van der Waals surface area contributed by atoms with Gasteiger partial charge in [0.2, 0.25) is 0 Å². The molecule has 18 heteroatoms. The first-order valence-electron chi connectivity index (χ1n) is 31.1. The lowest BCUT2D eigenvalue weighted by Gasteiger charge is -2.50. The van der Waals surface area contributed by atoms with Crippen molar-refractivity contribution in [2.24, 2.45) is 17.8 Å². The van der Waals surface area contributed by atoms with Gasteiger partial charge in [0.1, 0.15) is 48.8 Å². The smallest absolute Gasteiger partial charge is 0.407 e. The average molecular weight is 1220 g/mol. The van der Waals surface area contributed by atoms with Crippen molar-refractivity contribution in [2.45, 2.75) is 158 Å². The Bertz CT molecular complexity index is 3210. The van der Waals surface area contributed by atoms with E-state index in [4.69, 9.17) is 61.6 Å². The summed E-state index contributed by atoms with van der Waals surface area (Å²) >= 11 is 0. The molecule has 6 aromatic carbocycles. The highest BCUT2D eigenvalue weighted by atomic mass is 16.8. The molecule has 1 amide bonds. The Balaban J connectivity index is 0.775. The monoisotopic (exact) mass is 1220 g/mol. The normalized spacial score (nSPS) is 32.8. The molecule has 19 atom stereocenters. The molecule has 0 aromatic heterocycles. The fraction of sp³-hybridized carbons (Fsp3) is 0.465. The van der Waals surface area contributed by atoms with Crippen molar-refractivity contribution in [3.8, 4) is 11.1 Å². The summed E-state index contributed by atoms with van der Waals surface area (Å²) in [7, 11) is 0. The lowest BCUT2D eigenvalue weighted by Crippen LogP contribution is -2.64. The topological polar surface area (TPSA) is 213 Å². The van der Waals surface area contributed by atoms with Crippen LogP contribution in [0.15, 0.2) is 170 Å². The third-order valence-corrected chi connectivity index (χ3v) is 18.3. The first kappa shape index (κ1) is 62.9. The maximum Gasteiger partial charge on any atom is 0.407 e. The van der Waals surface area contributed by atoms with Gasteiger partial charge >= 0.3 is 6.09 Å². The van der Waals surface area contributed by atoms with E-state index in [1.54, 1.807) is 13.8 Å². The predicted octanol–water partition coefficient (Wildman–Crippen LogP) is 9.82. The van der Waals surface area contributed by atoms with Crippen LogP contribution in [0.4, 0.5) is 4.79 Å². The van der Waals surface area contributed by atoms with Crippen LogP contribution in [-0.4, -0.2) is 147 Å². The summed E-state index contributed by atoms with van der Waals surface area (Å²) in [6.07, 6.45) is -13.3. The molecule has 89 heavy (non-hydrogen) atoms. The summed E-state index contributed by atoms with van der Waals surface area (Å²) in [5, 5.41) is 34.5. The summed E-state index contributed by atoms with van der Waals surface area (Å²) in [4.78, 5) is 13.8. The van der Waals surface area contributed by atoms with Crippen molar-refractivity contribution in [3.63, 3.8) is 0 Å². The van der Waals surface area contributed by atoms with E-state index in [9.17, 15) is 20.4 Å². The van der Waals surface area contributed by atoms with E-state index in [-0.39, 0.29) is 57.2 Å². The molecule has 4 N–H and O–H groups in total. The van der Waals surface area contributed by atoms with Crippen LogP contribution in [0.25, 0.3) is 11.1 Å². The number of ether oxygens (including phenoxy) is 13. The van der Waals surface area contributed by atoms with Gasteiger partial charge in [0.25, 0.3) is 0 Å². The molecule has 6 aromatic rings. The molecule has 18 nitrogen and oxygen atoms in total. The van der Waals surface area contributed by atoms with Crippen LogP contribution in [0.5, 0.6) is 0 Å². The lowest BCUT2D eigenvalue weighted by atomic mass is 9.83. The van der Waals surface area contributed by atoms with Gasteiger partial charge in [-0.2, -0.15) is 0 Å². The second kappa shape index (κ2) is 28.5. The molecule has 5 saturated heterocycles. The third kappa shape index (κ3) is 13.8. The Labute approximate surface area is 520 Å². The van der Waals surface area contributed by atoms with Crippen LogP contribution in [0.1, 0.15) is 80.2 Å². The number of hydrogen-bond donors (Lipinski definition) is 4. The number of amides is 1. The number of aliphatic hydroxyl groups is 2. The average Bonchev–Trinajstić information content (AvgIpc) is 1.71. The minimum absolute atomic E-state index is 0.0717. The fourth-order valence-electron chi connectivity index (χ4n) is 13.6. The summed E-state index contributed by atoms with van der Waals surface area (Å²) in [6.45, 7) is 10.3. The first-order valence-corrected chi connectivity index (χ1v) is 31.1. The molecule has 5 fully saturated rings. The highest BCUT2D eigenvalue weighted by Gasteiger charge is 2.62. The number of rotatable bonds is 23. The van der Waals surface area contributed by atoms with Gasteiger partial charge in [-0.1, -0.05) is 191 Å². The van der Waals surface area contributed by atoms with Crippen LogP contribution in [0, 0.1) is 23.2 Å². The highest BCUT2D eigenvalue weighted by molar-refractivity contribution is 5.84. The van der Waals surface area contributed by atoms with Crippen molar-refractivity contribution in [1.82, 2.24) is 5.32 Å². The number of nitrogens with one attached hydrogen (secondary N) is 2. The van der Waals surface area contributed by atoms with E-state index in [1.165, 1.54) is 0 Å². The van der Waals surface area contributed by atoms with Gasteiger partial charge in [-0.05, 0) is 52.8 Å². The van der Waals surface area contributed by atoms with Gasteiger partial charge in [0, 0.05) is 34.9 Å². The van der Waals surface area contributed by atoms with Crippen molar-refractivity contribution in [2.75, 3.05) is 33.0 Å². The number of alkyl carbamates (subject to hydrolysis) is 1. The van der Waals surface area contributed by atoms with Gasteiger partial charge < -0.3 is 82.5 Å². The molecule has 12 rings (SSSR count). The Kier molecular flexibility index (Phi) is 20.1. The fourth-order valence-corrected chi connectivity index (χ4v) is 13.6. The zero-order chi connectivity index (χ0) is 61.6. The molecule has 7 unspecified atom stereocenters. The molecule has 472 valence electrons. The second-order valence-electron chi connectivity index (χ2n) is 24.5. The minimum atomic E-state index is -1.55. The van der Waals surface area contributed by atoms with Crippen LogP contribution in [0.2, 0.25) is 0 Å². The quantitative estimate of drug-likeness (QED) is 0.0440. The van der Waals surface area contributed by atoms with E-state index in [2.05, 4.69) is 17.4 Å². The van der Waals surface area contributed by atoms with E-state index in [1.807, 2.05) is 178 Å². The molecular weight excluding hydrogens is 1140 g/mol. The van der Waals surface area contributed by atoms with Crippen molar-refractivity contribution < 1.29 is 76.6 Å². The van der Waals surface area contributed by atoms with Gasteiger partial charge in [-0.15, -0.1) is 0 Å². The molecule has 0 bridgehead atoms. The van der Waals surface area contributed by atoms with Crippen molar-refractivity contribution in [1.29, 1.82) is 5.41 Å². The zero-order valence-corrected chi connectivity index (χ0v) is 50.9. The van der Waals surface area contributed by atoms with E-state index >= 15 is 0 Å². The molecule has 1 aliphatic carbocycles. The summed E-state index contributed by atoms with van der Waals surface area (Å²) in [5.41, 5.74) is 7.20. The maximum absolute atomic E-state index is 13.8. The van der Waals surface area contributed by atoms with E-state index in [0.29, 0.717) is 6.61 Å². The molecule has 5 heterocycles. The Morgan fingerprint density at radius 2 is 1.22 bits per heavy atom. The predicted molar refractivity (Wildman–Crippen MR) is 327 cm³/mol. The van der Waals surface area contributed by atoms with Gasteiger partial charge in [-0.3, -0.25) is 0 Å². The van der Waals surface area contributed by atoms with E-state index < -0.39 is 122 Å². The van der Waals surface area contributed by atoms with Crippen LogP contribution < -0.4 is 5.32 Å². The molecule has 0 saturated carbocycles. The molecule has 0 spiro atoms. The van der Waals surface area contributed by atoms with Gasteiger partial charge in [0.15, 0.2) is 25.2 Å². The van der Waals surface area contributed by atoms with Gasteiger partial charge in [0.05, 0.1) is 76.7 Å². The number of carbonyl (C=O) groups excluding carboxylic acids is 1. The molecule has 0 radical (unpaired) electrons. The number of hydrogen-bond acceptors (Lipinski definition) is 17. The summed E-state index contributed by atoms with van der Waals surface area (Å²) in [5.74, 6) is -1.59. The summed E-state index contributed by atoms with van der Waals surface area (Å²) in [6, 6.07) is 54.8. The Morgan fingerprint density at radius 3 is 1.84 bits per heavy atom. The highest BCUT2D eigenvalue weighted by Crippen LogP contribution is 2.48. The lowest BCUT2D eigenvalue weighted by molar-refractivity contribution is -0.342. The molecule has 6 aliphatic rings. The summed E-state index contributed by atoms with van der Waals surface area (Å²) < 4.78 is 87.4. The SMILES string of the molecule is CC(=N)C(O[C@@H]1C(C)[C@@H](NC(=O)OCC2c3ccccc3-c3ccccc32)C(CO)O[C@@H]1O)[C@@H]1OC(C)[C@H](O[C@@H]2OC[C@@H](C)C(O[C@@H]3OC[C@@]4(COCc5ccccc5)O[C@@H](c5ccccc5)OC34)[C@H]2OCc2ccccc2)C(OCc2ccccc2)[C@@H]1C. The molecule has 5 aliphatic heterocycles. The van der Waals surface area contributed by atoms with Crippen LogP contribution >= 0.6 is 0 Å². The van der Waals surface area contributed by atoms with Crippen LogP contribution in [0.3, 0.4) is 0 Å². The van der Waals surface area contributed by atoms with E-state index in [0.717, 1.165) is 44.5 Å². The second-order valence-corrected chi connectivity index (χ2v) is 24.5. The van der Waals surface area contributed by atoms with Crippen molar-refractivity contribution >= 4 is 11.8 Å². The number of carbonyl (C=O) groups is 1. The number of benzene rings is 6. The zero-order valence-electron chi connectivity index (χ0n) is 50.9. The third-order valence-electron chi connectivity index (χ3n) is 18.3. The number of aliphatic hydroxyl groups excluding tert-OH is 2. The Hall–Kier alpha value is -6.30. The standard InChI is InChI=1S/C71H82N2O16/c1-42-35-80-68(64(79-38-49-26-14-8-15-27-49)58(42)86-69-65-71(41-82-69,40-77-36-47-22-10-6-11-23-47)89-67(88-65)50-28-16-9-17-29-50)87-63-46(5)83-60(44(3)59(63)78-37-48-24-12-7-13-25-48)62(45(4)72)85-61-43(2)57(56(34-74)84-66(61)75)73-70(76)81-39-55-53-32-20-18-30-51(53)52-31-19-21-33-54(52)55/h6-33,42-44,46,55-69,72,74-75H,34-41H2,1-5H3,(H,73,76)/t42-,43?,44+,46?,56?,57-,58?,59?,60-,61-,62?,63+,64-,65?,66+,67+,68+,69+,71-/m1/s1. The van der Waals surface area contributed by atoms with Gasteiger partial charge in [-0.25, -0.2) is 4.79 Å². The first-order chi connectivity index (χ1) is 43.4. The minimum Gasteiger partial charge on any atom is -0.449 e. The largest absolute Gasteiger partial charge is 0.449 e. The molecular formula is C71H82N2O16. The van der Waals surface area contributed by atoms with Crippen LogP contribution in [-0.2, 0) is 81.4 Å². The Morgan fingerprint density at radius 1 is 0.652 bits per heavy atom. The van der Waals surface area contributed by atoms with Crippen molar-refractivity contribution in [3.05, 3.63) is 203 Å².